The summed E-state index contributed by atoms with van der Waals surface area (Å²) in [6, 6.07) is 0. The standard InChI is InChI=1S/C9H13N5O3S/c1-15-8(16-2)4-14-9(11-12-13-14)18-6-7-3-10-17-5-7/h3,5,8H,4,6H2,1-2H3. The lowest BCUT2D eigenvalue weighted by Gasteiger charge is -2.13. The first-order valence-corrected chi connectivity index (χ1v) is 6.15. The molecule has 0 fully saturated rings. The predicted octanol–water partition coefficient (Wildman–Crippen LogP) is 0.572. The molecule has 2 heterocycles. The Kier molecular flexibility index (Phi) is 4.67. The monoisotopic (exact) mass is 271 g/mol. The molecule has 9 heteroatoms. The molecule has 0 amide bonds. The SMILES string of the molecule is COC(Cn1nnnc1SCc1cnoc1)OC. The van der Waals surface area contributed by atoms with Crippen LogP contribution < -0.4 is 0 Å². The van der Waals surface area contributed by atoms with Crippen molar-refractivity contribution >= 4 is 11.8 Å². The molecule has 2 rings (SSSR count). The Morgan fingerprint density at radius 3 is 2.94 bits per heavy atom. The van der Waals surface area contributed by atoms with Gasteiger partial charge in [-0.2, -0.15) is 0 Å². The van der Waals surface area contributed by atoms with E-state index in [1.165, 1.54) is 11.8 Å². The summed E-state index contributed by atoms with van der Waals surface area (Å²) in [7, 11) is 3.14. The Hall–Kier alpha value is -1.45. The summed E-state index contributed by atoms with van der Waals surface area (Å²) in [6.45, 7) is 0.436. The molecule has 0 aromatic carbocycles. The van der Waals surface area contributed by atoms with Gasteiger partial charge in [-0.1, -0.05) is 16.9 Å². The first-order chi connectivity index (χ1) is 8.83. The Morgan fingerprint density at radius 1 is 1.44 bits per heavy atom. The number of methoxy groups -OCH3 is 2. The van der Waals surface area contributed by atoms with Gasteiger partial charge in [-0.15, -0.1) is 5.10 Å². The van der Waals surface area contributed by atoms with Gasteiger partial charge in [0, 0.05) is 25.5 Å². The van der Waals surface area contributed by atoms with E-state index in [9.17, 15) is 0 Å². The van der Waals surface area contributed by atoms with Crippen molar-refractivity contribution in [2.24, 2.45) is 0 Å². The second-order valence-electron chi connectivity index (χ2n) is 3.37. The van der Waals surface area contributed by atoms with Gasteiger partial charge in [-0.25, -0.2) is 4.68 Å². The van der Waals surface area contributed by atoms with Crippen LogP contribution in [0.25, 0.3) is 0 Å². The molecular weight excluding hydrogens is 258 g/mol. The number of tetrazole rings is 1. The molecule has 0 bridgehead atoms. The molecule has 0 saturated carbocycles. The largest absolute Gasteiger partial charge is 0.364 e. The molecule has 8 nitrogen and oxygen atoms in total. The van der Waals surface area contributed by atoms with Crippen LogP contribution in [0, 0.1) is 0 Å². The fraction of sp³-hybridized carbons (Fsp3) is 0.556. The summed E-state index contributed by atoms with van der Waals surface area (Å²) < 4.78 is 16.6. The Balaban J connectivity index is 1.94. The van der Waals surface area contributed by atoms with E-state index in [-0.39, 0.29) is 6.29 Å². The molecule has 0 aliphatic carbocycles. The first-order valence-electron chi connectivity index (χ1n) is 5.16. The van der Waals surface area contributed by atoms with Crippen molar-refractivity contribution < 1.29 is 14.0 Å². The molecule has 0 unspecified atom stereocenters. The number of rotatable bonds is 7. The molecule has 18 heavy (non-hydrogen) atoms. The van der Waals surface area contributed by atoms with E-state index in [2.05, 4.69) is 20.7 Å². The Morgan fingerprint density at radius 2 is 2.28 bits per heavy atom. The molecule has 0 radical (unpaired) electrons. The second-order valence-corrected chi connectivity index (χ2v) is 4.31. The summed E-state index contributed by atoms with van der Waals surface area (Å²) in [5, 5.41) is 15.8. The lowest BCUT2D eigenvalue weighted by Crippen LogP contribution is -2.21. The van der Waals surface area contributed by atoms with E-state index >= 15 is 0 Å². The fourth-order valence-corrected chi connectivity index (χ4v) is 2.04. The van der Waals surface area contributed by atoms with Crippen molar-refractivity contribution in [1.82, 2.24) is 25.4 Å². The van der Waals surface area contributed by atoms with Crippen LogP contribution in [-0.2, 0) is 21.8 Å². The molecule has 98 valence electrons. The van der Waals surface area contributed by atoms with Crippen molar-refractivity contribution in [1.29, 1.82) is 0 Å². The van der Waals surface area contributed by atoms with Crippen molar-refractivity contribution in [3.8, 4) is 0 Å². The maximum absolute atomic E-state index is 5.11. The summed E-state index contributed by atoms with van der Waals surface area (Å²) in [5.41, 5.74) is 0.976. The van der Waals surface area contributed by atoms with E-state index in [4.69, 9.17) is 14.0 Å². The lowest BCUT2D eigenvalue weighted by molar-refractivity contribution is -0.113. The highest BCUT2D eigenvalue weighted by atomic mass is 32.2. The topological polar surface area (TPSA) is 88.1 Å². The molecule has 0 aliphatic rings. The summed E-state index contributed by atoms with van der Waals surface area (Å²) in [6.07, 6.45) is 2.88. The summed E-state index contributed by atoms with van der Waals surface area (Å²) >= 11 is 1.49. The Labute approximate surface area is 108 Å². The van der Waals surface area contributed by atoms with E-state index in [1.54, 1.807) is 31.4 Å². The van der Waals surface area contributed by atoms with Crippen LogP contribution in [-0.4, -0.2) is 45.9 Å². The van der Waals surface area contributed by atoms with Crippen LogP contribution in [0.15, 0.2) is 22.1 Å². The molecule has 0 atom stereocenters. The summed E-state index contributed by atoms with van der Waals surface area (Å²) in [5.74, 6) is 0.689. The molecule has 0 aliphatic heterocycles. The highest BCUT2D eigenvalue weighted by Gasteiger charge is 2.13. The van der Waals surface area contributed by atoms with Crippen LogP contribution in [0.5, 0.6) is 0 Å². The van der Waals surface area contributed by atoms with Gasteiger partial charge in [0.25, 0.3) is 0 Å². The molecule has 2 aromatic heterocycles. The van der Waals surface area contributed by atoms with Gasteiger partial charge < -0.3 is 14.0 Å². The number of ether oxygens (including phenoxy) is 2. The minimum absolute atomic E-state index is 0.372. The smallest absolute Gasteiger partial charge is 0.209 e. The van der Waals surface area contributed by atoms with Gasteiger partial charge in [0.15, 0.2) is 6.29 Å². The minimum Gasteiger partial charge on any atom is -0.364 e. The third kappa shape index (κ3) is 3.28. The number of hydrogen-bond donors (Lipinski definition) is 0. The van der Waals surface area contributed by atoms with Crippen molar-refractivity contribution in [2.75, 3.05) is 14.2 Å². The average molecular weight is 271 g/mol. The lowest BCUT2D eigenvalue weighted by atomic mass is 10.4. The van der Waals surface area contributed by atoms with E-state index < -0.39 is 0 Å². The third-order valence-corrected chi connectivity index (χ3v) is 3.23. The van der Waals surface area contributed by atoms with Gasteiger partial charge in [0.05, 0.1) is 12.7 Å². The second kappa shape index (κ2) is 6.47. The summed E-state index contributed by atoms with van der Waals surface area (Å²) in [4.78, 5) is 0. The maximum atomic E-state index is 5.11. The van der Waals surface area contributed by atoms with E-state index in [0.717, 1.165) is 5.56 Å². The normalized spacial score (nSPS) is 11.3. The number of hydrogen-bond acceptors (Lipinski definition) is 8. The fourth-order valence-electron chi connectivity index (χ4n) is 1.25. The van der Waals surface area contributed by atoms with E-state index in [1.807, 2.05) is 0 Å². The van der Waals surface area contributed by atoms with Gasteiger partial charge in [0.2, 0.25) is 5.16 Å². The Bertz CT molecular complexity index is 456. The molecule has 2 aromatic rings. The molecular formula is C9H13N5O3S. The molecule has 0 saturated heterocycles. The third-order valence-electron chi connectivity index (χ3n) is 2.20. The number of thioether (sulfide) groups is 1. The van der Waals surface area contributed by atoms with Crippen LogP contribution in [0.3, 0.4) is 0 Å². The maximum Gasteiger partial charge on any atom is 0.209 e. The van der Waals surface area contributed by atoms with Crippen LogP contribution >= 0.6 is 11.8 Å². The van der Waals surface area contributed by atoms with Crippen LogP contribution in [0.1, 0.15) is 5.56 Å². The van der Waals surface area contributed by atoms with E-state index in [0.29, 0.717) is 17.5 Å². The van der Waals surface area contributed by atoms with Crippen LogP contribution in [0.2, 0.25) is 0 Å². The molecule has 0 N–H and O–H groups in total. The quantitative estimate of drug-likeness (QED) is 0.533. The van der Waals surface area contributed by atoms with Gasteiger partial charge in [-0.05, 0) is 10.4 Å². The highest BCUT2D eigenvalue weighted by Crippen LogP contribution is 2.19. The van der Waals surface area contributed by atoms with Gasteiger partial charge in [-0.3, -0.25) is 0 Å². The average Bonchev–Trinajstić information content (AvgIpc) is 3.04. The first kappa shape index (κ1) is 13.0. The highest BCUT2D eigenvalue weighted by molar-refractivity contribution is 7.98. The van der Waals surface area contributed by atoms with Gasteiger partial charge >= 0.3 is 0 Å². The van der Waals surface area contributed by atoms with Crippen LogP contribution in [0.4, 0.5) is 0 Å². The number of aromatic nitrogens is 5. The minimum atomic E-state index is -0.372. The van der Waals surface area contributed by atoms with Gasteiger partial charge in [0.1, 0.15) is 6.26 Å². The van der Waals surface area contributed by atoms with Crippen molar-refractivity contribution in [3.63, 3.8) is 0 Å². The zero-order valence-electron chi connectivity index (χ0n) is 10.0. The van der Waals surface area contributed by atoms with Crippen molar-refractivity contribution in [3.05, 3.63) is 18.0 Å². The molecule has 0 spiro atoms. The predicted molar refractivity (Wildman–Crippen MR) is 61.7 cm³/mol. The zero-order valence-corrected chi connectivity index (χ0v) is 10.8. The number of nitrogens with zero attached hydrogens (tertiary/aromatic N) is 5. The zero-order chi connectivity index (χ0) is 12.8. The van der Waals surface area contributed by atoms with Crippen molar-refractivity contribution in [2.45, 2.75) is 23.7 Å².